The lowest BCUT2D eigenvalue weighted by Gasteiger charge is -2.27. The number of anilines is 1. The Morgan fingerprint density at radius 3 is 2.77 bits per heavy atom. The highest BCUT2D eigenvalue weighted by atomic mass is 16.5. The first kappa shape index (κ1) is 17.9. The number of nitrogens with one attached hydrogen (secondary N) is 1. The highest BCUT2D eigenvalue weighted by Crippen LogP contribution is 2.13. The van der Waals surface area contributed by atoms with Crippen LogP contribution in [-0.2, 0) is 16.1 Å². The molecule has 1 aromatic heterocycles. The molecule has 0 atom stereocenters. The van der Waals surface area contributed by atoms with Gasteiger partial charge in [-0.05, 0) is 29.8 Å². The lowest BCUT2D eigenvalue weighted by atomic mass is 10.2. The smallest absolute Gasteiger partial charge is 0.244 e. The molecule has 7 heteroatoms. The molecule has 1 aromatic carbocycles. The summed E-state index contributed by atoms with van der Waals surface area (Å²) in [6, 6.07) is 9.35. The van der Waals surface area contributed by atoms with Gasteiger partial charge in [-0.2, -0.15) is 0 Å². The van der Waals surface area contributed by atoms with Crippen LogP contribution in [0.4, 0.5) is 5.82 Å². The molecule has 1 N–H and O–H groups in total. The Labute approximate surface area is 152 Å². The Morgan fingerprint density at radius 2 is 2.04 bits per heavy atom. The summed E-state index contributed by atoms with van der Waals surface area (Å²) in [7, 11) is 1.62. The molecule has 26 heavy (non-hydrogen) atoms. The van der Waals surface area contributed by atoms with Crippen molar-refractivity contribution in [3.05, 3.63) is 54.0 Å². The molecule has 1 amide bonds. The summed E-state index contributed by atoms with van der Waals surface area (Å²) in [5.74, 6) is 2.03. The Kier molecular flexibility index (Phi) is 6.16. The van der Waals surface area contributed by atoms with Crippen LogP contribution in [0.25, 0.3) is 6.08 Å². The van der Waals surface area contributed by atoms with E-state index in [4.69, 9.17) is 9.47 Å². The topological polar surface area (TPSA) is 76.6 Å². The van der Waals surface area contributed by atoms with Gasteiger partial charge >= 0.3 is 0 Å². The zero-order valence-corrected chi connectivity index (χ0v) is 14.7. The van der Waals surface area contributed by atoms with Gasteiger partial charge in [-0.15, -0.1) is 0 Å². The van der Waals surface area contributed by atoms with E-state index in [0.717, 1.165) is 30.2 Å². The van der Waals surface area contributed by atoms with Gasteiger partial charge in [0.2, 0.25) is 5.91 Å². The van der Waals surface area contributed by atoms with Gasteiger partial charge in [0.25, 0.3) is 0 Å². The lowest BCUT2D eigenvalue weighted by molar-refractivity contribution is -0.116. The van der Waals surface area contributed by atoms with E-state index in [-0.39, 0.29) is 12.5 Å². The first-order valence-corrected chi connectivity index (χ1v) is 8.49. The number of rotatable bonds is 6. The first-order valence-electron chi connectivity index (χ1n) is 8.49. The summed E-state index contributed by atoms with van der Waals surface area (Å²) in [4.78, 5) is 22.9. The average Bonchev–Trinajstić information content (AvgIpc) is 2.72. The van der Waals surface area contributed by atoms with Crippen LogP contribution in [0.3, 0.4) is 0 Å². The van der Waals surface area contributed by atoms with Crippen LogP contribution >= 0.6 is 0 Å². The van der Waals surface area contributed by atoms with E-state index in [1.807, 2.05) is 30.3 Å². The van der Waals surface area contributed by atoms with E-state index >= 15 is 0 Å². The second-order valence-corrected chi connectivity index (χ2v) is 5.75. The van der Waals surface area contributed by atoms with Crippen LogP contribution in [0.1, 0.15) is 11.4 Å². The first-order chi connectivity index (χ1) is 12.7. The third-order valence-electron chi connectivity index (χ3n) is 3.99. The number of carbonyl (C=O) groups excluding carboxylic acids is 1. The summed E-state index contributed by atoms with van der Waals surface area (Å²) < 4.78 is 10.5. The van der Waals surface area contributed by atoms with Gasteiger partial charge < -0.3 is 19.7 Å². The van der Waals surface area contributed by atoms with Gasteiger partial charge in [0, 0.05) is 25.4 Å². The van der Waals surface area contributed by atoms with Crippen LogP contribution < -0.4 is 15.0 Å². The number of hydrogen-bond acceptors (Lipinski definition) is 6. The van der Waals surface area contributed by atoms with Gasteiger partial charge in [0.05, 0.1) is 26.9 Å². The van der Waals surface area contributed by atoms with Crippen molar-refractivity contribution >= 4 is 17.8 Å². The Bertz CT molecular complexity index is 756. The molecule has 7 nitrogen and oxygen atoms in total. The van der Waals surface area contributed by atoms with Gasteiger partial charge in [0.15, 0.2) is 0 Å². The summed E-state index contributed by atoms with van der Waals surface area (Å²) in [5, 5.41) is 2.80. The molecule has 0 saturated carbocycles. The van der Waals surface area contributed by atoms with Crippen molar-refractivity contribution in [2.45, 2.75) is 6.54 Å². The molecule has 0 radical (unpaired) electrons. The van der Waals surface area contributed by atoms with Crippen molar-refractivity contribution in [3.63, 3.8) is 0 Å². The Morgan fingerprint density at radius 1 is 1.27 bits per heavy atom. The molecular weight excluding hydrogens is 332 g/mol. The van der Waals surface area contributed by atoms with Crippen LogP contribution in [0.2, 0.25) is 0 Å². The number of nitrogens with zero attached hydrogens (tertiary/aromatic N) is 3. The molecular formula is C19H22N4O3. The maximum absolute atomic E-state index is 12.0. The van der Waals surface area contributed by atoms with Crippen molar-refractivity contribution in [1.82, 2.24) is 15.3 Å². The number of aromatic nitrogens is 2. The summed E-state index contributed by atoms with van der Waals surface area (Å²) in [6.07, 6.45) is 4.96. The number of amides is 1. The van der Waals surface area contributed by atoms with Crippen LogP contribution in [0.15, 0.2) is 42.6 Å². The molecule has 1 aliphatic heterocycles. The van der Waals surface area contributed by atoms with E-state index in [0.29, 0.717) is 19.0 Å². The average molecular weight is 354 g/mol. The number of carbonyl (C=O) groups is 1. The zero-order chi connectivity index (χ0) is 18.2. The van der Waals surface area contributed by atoms with E-state index < -0.39 is 0 Å². The number of morpholine rings is 1. The van der Waals surface area contributed by atoms with Crippen molar-refractivity contribution < 1.29 is 14.3 Å². The van der Waals surface area contributed by atoms with E-state index in [1.165, 1.54) is 6.08 Å². The zero-order valence-electron chi connectivity index (χ0n) is 14.7. The minimum atomic E-state index is -0.193. The maximum atomic E-state index is 12.0. The molecule has 0 spiro atoms. The summed E-state index contributed by atoms with van der Waals surface area (Å²) in [6.45, 7) is 3.31. The minimum absolute atomic E-state index is 0.193. The van der Waals surface area contributed by atoms with Crippen molar-refractivity contribution in [1.29, 1.82) is 0 Å². The number of methoxy groups -OCH3 is 1. The maximum Gasteiger partial charge on any atom is 0.244 e. The van der Waals surface area contributed by atoms with E-state index in [2.05, 4.69) is 20.2 Å². The number of hydrogen-bond donors (Lipinski definition) is 1. The normalized spacial score (nSPS) is 14.4. The predicted molar refractivity (Wildman–Crippen MR) is 98.9 cm³/mol. The van der Waals surface area contributed by atoms with Gasteiger partial charge in [-0.25, -0.2) is 9.97 Å². The monoisotopic (exact) mass is 354 g/mol. The number of ether oxygens (including phenoxy) is 2. The highest BCUT2D eigenvalue weighted by Gasteiger charge is 2.13. The molecule has 1 saturated heterocycles. The molecule has 1 aliphatic rings. The quantitative estimate of drug-likeness (QED) is 0.795. The lowest BCUT2D eigenvalue weighted by Crippen LogP contribution is -2.37. The molecule has 2 heterocycles. The standard InChI is InChI=1S/C19H22N4O3/c1-25-16-5-2-15(3-6-16)4-7-19(24)21-14-17-20-9-8-18(22-17)23-10-12-26-13-11-23/h2-9H,10-14H2,1H3,(H,21,24)/b7-4+. The van der Waals surface area contributed by atoms with Gasteiger partial charge in [-0.3, -0.25) is 4.79 Å². The third kappa shape index (κ3) is 5.03. The van der Waals surface area contributed by atoms with Crippen LogP contribution in [-0.4, -0.2) is 49.3 Å². The van der Waals surface area contributed by atoms with Gasteiger partial charge in [0.1, 0.15) is 17.4 Å². The molecule has 3 rings (SSSR count). The summed E-state index contributed by atoms with van der Waals surface area (Å²) in [5.41, 5.74) is 0.923. The molecule has 2 aromatic rings. The summed E-state index contributed by atoms with van der Waals surface area (Å²) >= 11 is 0. The fourth-order valence-corrected chi connectivity index (χ4v) is 2.55. The minimum Gasteiger partial charge on any atom is -0.497 e. The van der Waals surface area contributed by atoms with Crippen molar-refractivity contribution in [2.24, 2.45) is 0 Å². The molecule has 0 unspecified atom stereocenters. The Hall–Kier alpha value is -2.93. The molecule has 0 bridgehead atoms. The molecule has 0 aliphatic carbocycles. The SMILES string of the molecule is COc1ccc(/C=C/C(=O)NCc2nccc(N3CCOCC3)n2)cc1. The largest absolute Gasteiger partial charge is 0.497 e. The van der Waals surface area contributed by atoms with Crippen molar-refractivity contribution in [2.75, 3.05) is 38.3 Å². The van der Waals surface area contributed by atoms with E-state index in [9.17, 15) is 4.79 Å². The van der Waals surface area contributed by atoms with Crippen LogP contribution in [0.5, 0.6) is 5.75 Å². The fourth-order valence-electron chi connectivity index (χ4n) is 2.55. The predicted octanol–water partition coefficient (Wildman–Crippen LogP) is 1.65. The van der Waals surface area contributed by atoms with Crippen molar-refractivity contribution in [3.8, 4) is 5.75 Å². The molecule has 1 fully saturated rings. The second kappa shape index (κ2) is 8.96. The second-order valence-electron chi connectivity index (χ2n) is 5.75. The Balaban J connectivity index is 1.52. The molecule has 136 valence electrons. The van der Waals surface area contributed by atoms with Gasteiger partial charge in [-0.1, -0.05) is 12.1 Å². The highest BCUT2D eigenvalue weighted by molar-refractivity contribution is 5.91. The van der Waals surface area contributed by atoms with Crippen LogP contribution in [0, 0.1) is 0 Å². The van der Waals surface area contributed by atoms with E-state index in [1.54, 1.807) is 19.4 Å². The fraction of sp³-hybridized carbons (Fsp3) is 0.316. The number of benzene rings is 1. The third-order valence-corrected chi connectivity index (χ3v) is 3.99.